The van der Waals surface area contributed by atoms with E-state index in [9.17, 15) is 0 Å². The Balaban J connectivity index is 1.63. The molecule has 4 aromatic rings. The highest BCUT2D eigenvalue weighted by molar-refractivity contribution is 5.88. The first-order chi connectivity index (χ1) is 16.5. The van der Waals surface area contributed by atoms with Gasteiger partial charge in [-0.3, -0.25) is 14.6 Å². The molecule has 5 rings (SSSR count). The van der Waals surface area contributed by atoms with Crippen molar-refractivity contribution < 1.29 is 9.47 Å². The van der Waals surface area contributed by atoms with Crippen LogP contribution in [0.4, 0.5) is 11.4 Å². The standard InChI is InChI=1S/C27H31N5O2/c1-18(2)31-8-9-32(26-12-23(33-4)13-27(34-5)24(26)17-31)22-6-7-25-19(11-22)10-20(14-28-25)21-15-29-30(3)16-21/h6-7,10-16,18H,8-9,17H2,1-5H3. The van der Waals surface area contributed by atoms with Gasteiger partial charge in [-0.1, -0.05) is 0 Å². The number of pyridine rings is 1. The van der Waals surface area contributed by atoms with Crippen molar-refractivity contribution in [3.05, 3.63) is 60.6 Å². The Labute approximate surface area is 200 Å². The predicted octanol–water partition coefficient (Wildman–Crippen LogP) is 5.01. The molecule has 1 aliphatic heterocycles. The Morgan fingerprint density at radius 2 is 1.79 bits per heavy atom. The summed E-state index contributed by atoms with van der Waals surface area (Å²) in [4.78, 5) is 9.56. The fourth-order valence-electron chi connectivity index (χ4n) is 4.66. The zero-order chi connectivity index (χ0) is 23.8. The first-order valence-corrected chi connectivity index (χ1v) is 11.6. The van der Waals surface area contributed by atoms with Gasteiger partial charge >= 0.3 is 0 Å². The van der Waals surface area contributed by atoms with Gasteiger partial charge in [-0.25, -0.2) is 0 Å². The van der Waals surface area contributed by atoms with E-state index in [1.54, 1.807) is 14.2 Å². The zero-order valence-electron chi connectivity index (χ0n) is 20.4. The van der Waals surface area contributed by atoms with Crippen LogP contribution < -0.4 is 14.4 Å². The third kappa shape index (κ3) is 4.07. The molecule has 7 nitrogen and oxygen atoms in total. The third-order valence-electron chi connectivity index (χ3n) is 6.62. The van der Waals surface area contributed by atoms with Crippen molar-refractivity contribution in [2.45, 2.75) is 26.4 Å². The lowest BCUT2D eigenvalue weighted by molar-refractivity contribution is 0.221. The lowest BCUT2D eigenvalue weighted by Crippen LogP contribution is -2.34. The molecule has 3 heterocycles. The van der Waals surface area contributed by atoms with Crippen molar-refractivity contribution in [1.82, 2.24) is 19.7 Å². The molecule has 176 valence electrons. The number of nitrogens with zero attached hydrogens (tertiary/aromatic N) is 5. The lowest BCUT2D eigenvalue weighted by atomic mass is 10.1. The van der Waals surface area contributed by atoms with Crippen molar-refractivity contribution in [2.75, 3.05) is 32.2 Å². The van der Waals surface area contributed by atoms with Crippen LogP contribution in [0.25, 0.3) is 22.0 Å². The van der Waals surface area contributed by atoms with Gasteiger partial charge in [0.15, 0.2) is 0 Å². The van der Waals surface area contributed by atoms with Gasteiger partial charge < -0.3 is 14.4 Å². The topological polar surface area (TPSA) is 55.7 Å². The van der Waals surface area contributed by atoms with Gasteiger partial charge in [-0.15, -0.1) is 0 Å². The number of fused-ring (bicyclic) bond motifs is 2. The van der Waals surface area contributed by atoms with Crippen molar-refractivity contribution in [2.24, 2.45) is 7.05 Å². The summed E-state index contributed by atoms with van der Waals surface area (Å²) >= 11 is 0. The number of hydrogen-bond donors (Lipinski definition) is 0. The summed E-state index contributed by atoms with van der Waals surface area (Å²) < 4.78 is 13.2. The van der Waals surface area contributed by atoms with Crippen molar-refractivity contribution in [1.29, 1.82) is 0 Å². The molecule has 0 N–H and O–H groups in total. The fourth-order valence-corrected chi connectivity index (χ4v) is 4.66. The van der Waals surface area contributed by atoms with Gasteiger partial charge in [0, 0.05) is 85.0 Å². The van der Waals surface area contributed by atoms with Gasteiger partial charge in [0.05, 0.1) is 31.6 Å². The first kappa shape index (κ1) is 22.2. The molecule has 0 atom stereocenters. The van der Waals surface area contributed by atoms with Crippen LogP contribution in [0.5, 0.6) is 11.5 Å². The zero-order valence-corrected chi connectivity index (χ0v) is 20.4. The molecular weight excluding hydrogens is 426 g/mol. The molecule has 0 amide bonds. The summed E-state index contributed by atoms with van der Waals surface area (Å²) in [5.41, 5.74) is 6.51. The Hall–Kier alpha value is -3.58. The number of anilines is 2. The molecule has 2 aromatic carbocycles. The summed E-state index contributed by atoms with van der Waals surface area (Å²) in [5, 5.41) is 5.40. The highest BCUT2D eigenvalue weighted by Crippen LogP contribution is 2.41. The highest BCUT2D eigenvalue weighted by Gasteiger charge is 2.26. The second kappa shape index (κ2) is 8.99. The van der Waals surface area contributed by atoms with Crippen LogP contribution in [-0.4, -0.2) is 53.0 Å². The van der Waals surface area contributed by atoms with E-state index in [0.717, 1.165) is 64.5 Å². The number of methoxy groups -OCH3 is 2. The average molecular weight is 458 g/mol. The van der Waals surface area contributed by atoms with Gasteiger partial charge in [-0.2, -0.15) is 5.10 Å². The number of hydrogen-bond acceptors (Lipinski definition) is 6. The second-order valence-electron chi connectivity index (χ2n) is 9.05. The molecular formula is C27H31N5O2. The third-order valence-corrected chi connectivity index (χ3v) is 6.62. The lowest BCUT2D eigenvalue weighted by Gasteiger charge is -2.27. The highest BCUT2D eigenvalue weighted by atomic mass is 16.5. The number of benzene rings is 2. The molecule has 7 heteroatoms. The molecule has 0 spiro atoms. The number of ether oxygens (including phenoxy) is 2. The van der Waals surface area contributed by atoms with Crippen LogP contribution in [0.3, 0.4) is 0 Å². The monoisotopic (exact) mass is 457 g/mol. The Bertz CT molecular complexity index is 1330. The molecule has 2 aromatic heterocycles. The van der Waals surface area contributed by atoms with E-state index in [2.05, 4.69) is 59.1 Å². The van der Waals surface area contributed by atoms with Crippen LogP contribution in [0, 0.1) is 0 Å². The molecule has 0 bridgehead atoms. The summed E-state index contributed by atoms with van der Waals surface area (Å²) in [6.07, 6.45) is 5.80. The van der Waals surface area contributed by atoms with Crippen molar-refractivity contribution in [3.8, 4) is 22.6 Å². The van der Waals surface area contributed by atoms with Gasteiger partial charge in [0.1, 0.15) is 11.5 Å². The smallest absolute Gasteiger partial charge is 0.129 e. The van der Waals surface area contributed by atoms with Crippen LogP contribution >= 0.6 is 0 Å². The normalized spacial score (nSPS) is 14.4. The van der Waals surface area contributed by atoms with E-state index in [4.69, 9.17) is 14.5 Å². The summed E-state index contributed by atoms with van der Waals surface area (Å²) in [5.74, 6) is 1.65. The SMILES string of the molecule is COc1cc(OC)c2c(c1)N(c1ccc3ncc(-c4cnn(C)c4)cc3c1)CCN(C(C)C)C2. The van der Waals surface area contributed by atoms with Crippen molar-refractivity contribution >= 4 is 22.3 Å². The number of rotatable bonds is 5. The maximum atomic E-state index is 5.81. The molecule has 0 aliphatic carbocycles. The number of aryl methyl sites for hydroxylation is 1. The molecule has 0 radical (unpaired) electrons. The molecule has 0 saturated carbocycles. The van der Waals surface area contributed by atoms with Crippen LogP contribution in [-0.2, 0) is 13.6 Å². The minimum Gasteiger partial charge on any atom is -0.497 e. The van der Waals surface area contributed by atoms with Gasteiger partial charge in [0.2, 0.25) is 0 Å². The fraction of sp³-hybridized carbons (Fsp3) is 0.333. The van der Waals surface area contributed by atoms with Crippen LogP contribution in [0.1, 0.15) is 19.4 Å². The van der Waals surface area contributed by atoms with E-state index < -0.39 is 0 Å². The molecule has 0 fully saturated rings. The Morgan fingerprint density at radius 3 is 2.50 bits per heavy atom. The second-order valence-corrected chi connectivity index (χ2v) is 9.05. The largest absolute Gasteiger partial charge is 0.497 e. The summed E-state index contributed by atoms with van der Waals surface area (Å²) in [6.45, 7) is 7.13. The number of aromatic nitrogens is 3. The minimum absolute atomic E-state index is 0.433. The molecule has 0 unspecified atom stereocenters. The first-order valence-electron chi connectivity index (χ1n) is 11.6. The van der Waals surface area contributed by atoms with E-state index >= 15 is 0 Å². The van der Waals surface area contributed by atoms with Crippen molar-refractivity contribution in [3.63, 3.8) is 0 Å². The van der Waals surface area contributed by atoms with Crippen LogP contribution in [0.15, 0.2) is 55.0 Å². The predicted molar refractivity (Wildman–Crippen MR) is 136 cm³/mol. The molecule has 34 heavy (non-hydrogen) atoms. The average Bonchev–Trinajstić information content (AvgIpc) is 3.18. The van der Waals surface area contributed by atoms with E-state index in [0.29, 0.717) is 6.04 Å². The summed E-state index contributed by atoms with van der Waals surface area (Å²) in [6, 6.07) is 13.2. The minimum atomic E-state index is 0.433. The maximum Gasteiger partial charge on any atom is 0.129 e. The van der Waals surface area contributed by atoms with Crippen LogP contribution in [0.2, 0.25) is 0 Å². The van der Waals surface area contributed by atoms with Gasteiger partial charge in [0.25, 0.3) is 0 Å². The Kier molecular flexibility index (Phi) is 5.87. The van der Waals surface area contributed by atoms with E-state index in [1.165, 1.54) is 5.56 Å². The quantitative estimate of drug-likeness (QED) is 0.420. The molecule has 0 saturated heterocycles. The van der Waals surface area contributed by atoms with Gasteiger partial charge in [-0.05, 0) is 38.1 Å². The maximum absolute atomic E-state index is 5.81. The van der Waals surface area contributed by atoms with E-state index in [-0.39, 0.29) is 0 Å². The molecule has 1 aliphatic rings. The Morgan fingerprint density at radius 1 is 0.941 bits per heavy atom. The van der Waals surface area contributed by atoms with E-state index in [1.807, 2.05) is 36.4 Å². The summed E-state index contributed by atoms with van der Waals surface area (Å²) in [7, 11) is 5.35.